The van der Waals surface area contributed by atoms with Crippen LogP contribution in [0, 0.1) is 0 Å². The highest BCUT2D eigenvalue weighted by Crippen LogP contribution is 2.11. The van der Waals surface area contributed by atoms with Crippen molar-refractivity contribution < 1.29 is 9.90 Å². The highest BCUT2D eigenvalue weighted by Gasteiger charge is 2.08. The van der Waals surface area contributed by atoms with Crippen LogP contribution in [0.2, 0.25) is 0 Å². The molecule has 0 spiro atoms. The van der Waals surface area contributed by atoms with Crippen molar-refractivity contribution in [3.63, 3.8) is 0 Å². The number of thiophene rings is 1. The summed E-state index contributed by atoms with van der Waals surface area (Å²) in [5.74, 6) is 0.0393. The second kappa shape index (κ2) is 7.41. The van der Waals surface area contributed by atoms with Crippen LogP contribution in [0.4, 0.5) is 0 Å². The average molecular weight is 241 g/mol. The molecular formula is C12H19NO2S. The molecule has 0 radical (unpaired) electrons. The van der Waals surface area contributed by atoms with Gasteiger partial charge in [0.15, 0.2) is 0 Å². The number of aliphatic hydroxyl groups excluding tert-OH is 1. The van der Waals surface area contributed by atoms with Gasteiger partial charge in [0.05, 0.1) is 12.6 Å². The smallest absolute Gasteiger partial charge is 0.220 e. The molecule has 0 unspecified atom stereocenters. The van der Waals surface area contributed by atoms with Gasteiger partial charge in [-0.2, -0.15) is 0 Å². The molecule has 3 nitrogen and oxygen atoms in total. The minimum Gasteiger partial charge on any atom is -0.394 e. The van der Waals surface area contributed by atoms with Gasteiger partial charge in [-0.05, 0) is 30.7 Å². The third kappa shape index (κ3) is 4.77. The van der Waals surface area contributed by atoms with E-state index >= 15 is 0 Å². The predicted molar refractivity (Wildman–Crippen MR) is 66.6 cm³/mol. The Morgan fingerprint density at radius 2 is 2.44 bits per heavy atom. The highest BCUT2D eigenvalue weighted by atomic mass is 32.1. The fraction of sp³-hybridized carbons (Fsp3) is 0.583. The number of aryl methyl sites for hydroxylation is 1. The fourth-order valence-electron chi connectivity index (χ4n) is 1.45. The van der Waals surface area contributed by atoms with Crippen molar-refractivity contribution in [3.8, 4) is 0 Å². The SMILES string of the molecule is CC[C@@H](CO)NC(=O)CCCc1cccs1. The van der Waals surface area contributed by atoms with Gasteiger partial charge in [0.25, 0.3) is 0 Å². The van der Waals surface area contributed by atoms with Gasteiger partial charge in [-0.3, -0.25) is 4.79 Å². The summed E-state index contributed by atoms with van der Waals surface area (Å²) < 4.78 is 0. The van der Waals surface area contributed by atoms with Crippen LogP contribution < -0.4 is 5.32 Å². The Bertz CT molecular complexity index is 294. The zero-order chi connectivity index (χ0) is 11.8. The Hall–Kier alpha value is -0.870. The summed E-state index contributed by atoms with van der Waals surface area (Å²) >= 11 is 1.73. The Morgan fingerprint density at radius 3 is 3.00 bits per heavy atom. The van der Waals surface area contributed by atoms with E-state index in [9.17, 15) is 4.79 Å². The topological polar surface area (TPSA) is 49.3 Å². The van der Waals surface area contributed by atoms with Crippen LogP contribution in [0.25, 0.3) is 0 Å². The summed E-state index contributed by atoms with van der Waals surface area (Å²) in [6.07, 6.45) is 3.14. The van der Waals surface area contributed by atoms with E-state index in [0.29, 0.717) is 6.42 Å². The van der Waals surface area contributed by atoms with E-state index in [1.807, 2.05) is 18.4 Å². The maximum atomic E-state index is 11.5. The number of nitrogens with one attached hydrogen (secondary N) is 1. The summed E-state index contributed by atoms with van der Waals surface area (Å²) in [6, 6.07) is 4.03. The maximum Gasteiger partial charge on any atom is 0.220 e. The highest BCUT2D eigenvalue weighted by molar-refractivity contribution is 7.09. The van der Waals surface area contributed by atoms with Crippen LogP contribution in [0.15, 0.2) is 17.5 Å². The molecule has 4 heteroatoms. The largest absolute Gasteiger partial charge is 0.394 e. The van der Waals surface area contributed by atoms with Crippen LogP contribution in [0.5, 0.6) is 0 Å². The maximum absolute atomic E-state index is 11.5. The summed E-state index contributed by atoms with van der Waals surface area (Å²) in [5.41, 5.74) is 0. The van der Waals surface area contributed by atoms with Crippen LogP contribution in [0.3, 0.4) is 0 Å². The van der Waals surface area contributed by atoms with E-state index in [4.69, 9.17) is 5.11 Å². The molecule has 1 heterocycles. The zero-order valence-electron chi connectivity index (χ0n) is 9.61. The molecule has 0 saturated carbocycles. The molecule has 1 rings (SSSR count). The molecule has 0 aromatic carbocycles. The van der Waals surface area contributed by atoms with Crippen molar-refractivity contribution in [3.05, 3.63) is 22.4 Å². The molecule has 0 fully saturated rings. The fourth-order valence-corrected chi connectivity index (χ4v) is 2.21. The van der Waals surface area contributed by atoms with E-state index < -0.39 is 0 Å². The number of hydrogen-bond acceptors (Lipinski definition) is 3. The second-order valence-corrected chi connectivity index (χ2v) is 4.82. The van der Waals surface area contributed by atoms with Gasteiger partial charge in [-0.1, -0.05) is 13.0 Å². The lowest BCUT2D eigenvalue weighted by Gasteiger charge is -2.13. The summed E-state index contributed by atoms with van der Waals surface area (Å²) in [4.78, 5) is 12.8. The molecule has 1 aromatic heterocycles. The second-order valence-electron chi connectivity index (χ2n) is 3.79. The first-order valence-corrected chi connectivity index (χ1v) is 6.56. The van der Waals surface area contributed by atoms with Gasteiger partial charge in [0.1, 0.15) is 0 Å². The lowest BCUT2D eigenvalue weighted by molar-refractivity contribution is -0.122. The molecule has 1 amide bonds. The number of hydrogen-bond donors (Lipinski definition) is 2. The van der Waals surface area contributed by atoms with Crippen molar-refractivity contribution >= 4 is 17.2 Å². The van der Waals surface area contributed by atoms with Crippen molar-refractivity contribution in [2.75, 3.05) is 6.61 Å². The molecule has 1 atom stereocenters. The Labute approximate surface area is 100 Å². The minimum atomic E-state index is -0.0887. The summed E-state index contributed by atoms with van der Waals surface area (Å²) in [7, 11) is 0. The molecule has 0 bridgehead atoms. The van der Waals surface area contributed by atoms with E-state index in [1.54, 1.807) is 11.3 Å². The summed E-state index contributed by atoms with van der Waals surface area (Å²) in [5, 5.41) is 13.8. The molecule has 2 N–H and O–H groups in total. The van der Waals surface area contributed by atoms with E-state index in [1.165, 1.54) is 4.88 Å². The number of carbonyl (C=O) groups excluding carboxylic acids is 1. The summed E-state index contributed by atoms with van der Waals surface area (Å²) in [6.45, 7) is 1.97. The van der Waals surface area contributed by atoms with Gasteiger partial charge in [0, 0.05) is 11.3 Å². The van der Waals surface area contributed by atoms with Gasteiger partial charge < -0.3 is 10.4 Å². The van der Waals surface area contributed by atoms with Crippen molar-refractivity contribution in [2.45, 2.75) is 38.6 Å². The zero-order valence-corrected chi connectivity index (χ0v) is 10.4. The van der Waals surface area contributed by atoms with Gasteiger partial charge in [-0.15, -0.1) is 11.3 Å². The monoisotopic (exact) mass is 241 g/mol. The number of carbonyl (C=O) groups is 1. The first-order valence-electron chi connectivity index (χ1n) is 5.68. The standard InChI is InChI=1S/C12H19NO2S/c1-2-10(9-14)13-12(15)7-3-5-11-6-4-8-16-11/h4,6,8,10,14H,2-3,5,7,9H2,1H3,(H,13,15)/t10-/m0/s1. The molecular weight excluding hydrogens is 222 g/mol. The Balaban J connectivity index is 2.15. The number of rotatable bonds is 7. The molecule has 0 aliphatic carbocycles. The van der Waals surface area contributed by atoms with Crippen LogP contribution in [-0.4, -0.2) is 23.7 Å². The Kier molecular flexibility index (Phi) is 6.11. The van der Waals surface area contributed by atoms with E-state index in [0.717, 1.165) is 19.3 Å². The molecule has 90 valence electrons. The lowest BCUT2D eigenvalue weighted by Crippen LogP contribution is -2.36. The average Bonchev–Trinajstić information content (AvgIpc) is 2.79. The Morgan fingerprint density at radius 1 is 1.62 bits per heavy atom. The van der Waals surface area contributed by atoms with Crippen LogP contribution in [0.1, 0.15) is 31.1 Å². The van der Waals surface area contributed by atoms with E-state index in [-0.39, 0.29) is 18.6 Å². The minimum absolute atomic E-state index is 0.0210. The van der Waals surface area contributed by atoms with Crippen molar-refractivity contribution in [1.29, 1.82) is 0 Å². The normalized spacial score (nSPS) is 12.4. The van der Waals surface area contributed by atoms with Crippen LogP contribution >= 0.6 is 11.3 Å². The molecule has 0 saturated heterocycles. The van der Waals surface area contributed by atoms with Gasteiger partial charge in [-0.25, -0.2) is 0 Å². The van der Waals surface area contributed by atoms with Crippen LogP contribution in [-0.2, 0) is 11.2 Å². The quantitative estimate of drug-likeness (QED) is 0.766. The first-order chi connectivity index (χ1) is 7.76. The molecule has 16 heavy (non-hydrogen) atoms. The lowest BCUT2D eigenvalue weighted by atomic mass is 10.2. The van der Waals surface area contributed by atoms with Crippen molar-refractivity contribution in [1.82, 2.24) is 5.32 Å². The van der Waals surface area contributed by atoms with E-state index in [2.05, 4.69) is 11.4 Å². The third-order valence-corrected chi connectivity index (χ3v) is 3.42. The number of aliphatic hydroxyl groups is 1. The molecule has 0 aliphatic rings. The molecule has 1 aromatic rings. The third-order valence-electron chi connectivity index (χ3n) is 2.49. The predicted octanol–water partition coefficient (Wildman–Crippen LogP) is 1.96. The molecule has 0 aliphatic heterocycles. The first kappa shape index (κ1) is 13.2. The van der Waals surface area contributed by atoms with Gasteiger partial charge >= 0.3 is 0 Å². The van der Waals surface area contributed by atoms with Gasteiger partial charge in [0.2, 0.25) is 5.91 Å². The number of amides is 1. The van der Waals surface area contributed by atoms with Crippen molar-refractivity contribution in [2.24, 2.45) is 0 Å².